The summed E-state index contributed by atoms with van der Waals surface area (Å²) in [5.41, 5.74) is 0.796. The maximum Gasteiger partial charge on any atom is 0.270 e. The minimum atomic E-state index is -0.0123. The van der Waals surface area contributed by atoms with E-state index in [-0.39, 0.29) is 5.91 Å². The van der Waals surface area contributed by atoms with E-state index in [9.17, 15) is 4.79 Å². The molecule has 0 unspecified atom stereocenters. The number of nitrogens with zero attached hydrogens (tertiary/aromatic N) is 3. The van der Waals surface area contributed by atoms with Crippen LogP contribution in [0.1, 0.15) is 16.1 Å². The number of aromatic nitrogens is 1. The second-order valence-electron chi connectivity index (χ2n) is 6.26. The predicted molar refractivity (Wildman–Crippen MR) is 112 cm³/mol. The smallest absolute Gasteiger partial charge is 0.270 e. The monoisotopic (exact) mass is 405 g/mol. The Morgan fingerprint density at radius 1 is 1.15 bits per heavy atom. The van der Waals surface area contributed by atoms with Crippen LogP contribution < -0.4 is 14.4 Å². The molecule has 0 saturated carbocycles. The first-order chi connectivity index (χ1) is 13.0. The van der Waals surface area contributed by atoms with Crippen LogP contribution in [0.25, 0.3) is 10.2 Å². The minimum Gasteiger partial charge on any atom is -0.493 e. The standard InChI is InChI=1S/C19H23N3O3S2/c1-21(2)8-6-9-22(18(23)16-7-5-10-26-16)19-20-13-11-14(24-3)15(25-4)12-17(13)27-19/h5,7,10-12H,6,8-9H2,1-4H3. The molecule has 0 bridgehead atoms. The van der Waals surface area contributed by atoms with Crippen molar-refractivity contribution in [3.63, 3.8) is 0 Å². The molecule has 0 N–H and O–H groups in total. The number of methoxy groups -OCH3 is 2. The molecule has 27 heavy (non-hydrogen) atoms. The number of ether oxygens (including phenoxy) is 2. The Bertz CT molecular complexity index is 865. The first-order valence-electron chi connectivity index (χ1n) is 8.56. The van der Waals surface area contributed by atoms with Gasteiger partial charge in [0.2, 0.25) is 0 Å². The topological polar surface area (TPSA) is 54.9 Å². The van der Waals surface area contributed by atoms with E-state index in [0.29, 0.717) is 28.1 Å². The van der Waals surface area contributed by atoms with Crippen LogP contribution in [0.5, 0.6) is 11.5 Å². The molecule has 0 aliphatic heterocycles. The molecule has 6 nitrogen and oxygen atoms in total. The van der Waals surface area contributed by atoms with E-state index < -0.39 is 0 Å². The lowest BCUT2D eigenvalue weighted by Gasteiger charge is -2.20. The van der Waals surface area contributed by atoms with E-state index in [2.05, 4.69) is 4.90 Å². The third kappa shape index (κ3) is 4.40. The highest BCUT2D eigenvalue weighted by molar-refractivity contribution is 7.22. The maximum atomic E-state index is 13.0. The van der Waals surface area contributed by atoms with E-state index in [1.165, 1.54) is 22.7 Å². The average Bonchev–Trinajstić information content (AvgIpc) is 3.32. The molecule has 0 aliphatic rings. The van der Waals surface area contributed by atoms with Gasteiger partial charge in [0.05, 0.1) is 29.3 Å². The van der Waals surface area contributed by atoms with Crippen LogP contribution in [0.15, 0.2) is 29.6 Å². The van der Waals surface area contributed by atoms with Crippen molar-refractivity contribution in [1.29, 1.82) is 0 Å². The molecule has 0 spiro atoms. The molecule has 2 heterocycles. The number of hydrogen-bond acceptors (Lipinski definition) is 7. The molecule has 0 radical (unpaired) electrons. The number of thiophene rings is 1. The van der Waals surface area contributed by atoms with E-state index in [1.807, 2.05) is 43.7 Å². The molecule has 2 aromatic heterocycles. The molecular weight excluding hydrogens is 382 g/mol. The quantitative estimate of drug-likeness (QED) is 0.568. The number of benzene rings is 1. The molecule has 0 atom stereocenters. The summed E-state index contributed by atoms with van der Waals surface area (Å²) >= 11 is 2.94. The first-order valence-corrected chi connectivity index (χ1v) is 10.3. The lowest BCUT2D eigenvalue weighted by Crippen LogP contribution is -2.32. The van der Waals surface area contributed by atoms with E-state index in [4.69, 9.17) is 14.5 Å². The van der Waals surface area contributed by atoms with Gasteiger partial charge in [-0.15, -0.1) is 11.3 Å². The normalized spacial score (nSPS) is 11.1. The van der Waals surface area contributed by atoms with Crippen molar-refractivity contribution < 1.29 is 14.3 Å². The number of fused-ring (bicyclic) bond motifs is 1. The summed E-state index contributed by atoms with van der Waals surface area (Å²) in [5.74, 6) is 1.27. The van der Waals surface area contributed by atoms with Crippen molar-refractivity contribution in [3.05, 3.63) is 34.5 Å². The number of hydrogen-bond donors (Lipinski definition) is 0. The minimum absolute atomic E-state index is 0.0123. The Morgan fingerprint density at radius 3 is 2.52 bits per heavy atom. The van der Waals surface area contributed by atoms with Gasteiger partial charge in [-0.1, -0.05) is 17.4 Å². The van der Waals surface area contributed by atoms with Crippen molar-refractivity contribution in [1.82, 2.24) is 9.88 Å². The number of carbonyl (C=O) groups is 1. The summed E-state index contributed by atoms with van der Waals surface area (Å²) in [6.07, 6.45) is 0.868. The Kier molecular flexibility index (Phi) is 6.30. The highest BCUT2D eigenvalue weighted by atomic mass is 32.1. The summed E-state index contributed by atoms with van der Waals surface area (Å²) in [6, 6.07) is 7.50. The van der Waals surface area contributed by atoms with Crippen LogP contribution in [-0.2, 0) is 0 Å². The van der Waals surface area contributed by atoms with Gasteiger partial charge in [-0.25, -0.2) is 4.98 Å². The fourth-order valence-corrected chi connectivity index (χ4v) is 4.39. The third-order valence-electron chi connectivity index (χ3n) is 4.08. The van der Waals surface area contributed by atoms with Crippen LogP contribution in [0.4, 0.5) is 5.13 Å². The van der Waals surface area contributed by atoms with E-state index in [1.54, 1.807) is 19.1 Å². The van der Waals surface area contributed by atoms with Crippen LogP contribution >= 0.6 is 22.7 Å². The van der Waals surface area contributed by atoms with Gasteiger partial charge in [0.1, 0.15) is 0 Å². The third-order valence-corrected chi connectivity index (χ3v) is 5.98. The Hall–Kier alpha value is -2.16. The highest BCUT2D eigenvalue weighted by Gasteiger charge is 2.22. The molecule has 1 amide bonds. The second-order valence-corrected chi connectivity index (χ2v) is 8.22. The average molecular weight is 406 g/mol. The van der Waals surface area contributed by atoms with Crippen LogP contribution in [0, 0.1) is 0 Å². The Labute approximate surface area is 166 Å². The second kappa shape index (κ2) is 8.69. The van der Waals surface area contributed by atoms with Gasteiger partial charge in [-0.05, 0) is 38.5 Å². The maximum absolute atomic E-state index is 13.0. The van der Waals surface area contributed by atoms with Gasteiger partial charge in [-0.2, -0.15) is 0 Å². The lowest BCUT2D eigenvalue weighted by molar-refractivity contribution is 0.0990. The van der Waals surface area contributed by atoms with E-state index >= 15 is 0 Å². The summed E-state index contributed by atoms with van der Waals surface area (Å²) in [6.45, 7) is 1.52. The number of amides is 1. The molecule has 1 aromatic carbocycles. The Morgan fingerprint density at radius 2 is 1.89 bits per heavy atom. The molecular formula is C19H23N3O3S2. The van der Waals surface area contributed by atoms with Crippen molar-refractivity contribution >= 4 is 43.9 Å². The highest BCUT2D eigenvalue weighted by Crippen LogP contribution is 2.37. The molecule has 3 rings (SSSR count). The SMILES string of the molecule is COc1cc2nc(N(CCCN(C)C)C(=O)c3cccs3)sc2cc1OC. The van der Waals surface area contributed by atoms with Gasteiger partial charge in [-0.3, -0.25) is 9.69 Å². The largest absolute Gasteiger partial charge is 0.493 e. The number of anilines is 1. The van der Waals surface area contributed by atoms with Crippen LogP contribution in [0.2, 0.25) is 0 Å². The molecule has 3 aromatic rings. The molecule has 0 fully saturated rings. The van der Waals surface area contributed by atoms with Gasteiger partial charge >= 0.3 is 0 Å². The van der Waals surface area contributed by atoms with Crippen LogP contribution in [-0.4, -0.2) is 57.2 Å². The predicted octanol–water partition coefficient (Wildman–Crippen LogP) is 3.97. The fourth-order valence-electron chi connectivity index (χ4n) is 2.72. The summed E-state index contributed by atoms with van der Waals surface area (Å²) < 4.78 is 11.7. The van der Waals surface area contributed by atoms with Gasteiger partial charge in [0.25, 0.3) is 5.91 Å². The zero-order valence-electron chi connectivity index (χ0n) is 15.9. The zero-order chi connectivity index (χ0) is 19.4. The first kappa shape index (κ1) is 19.6. The number of thiazole rings is 1. The van der Waals surface area contributed by atoms with Crippen molar-refractivity contribution in [3.8, 4) is 11.5 Å². The van der Waals surface area contributed by atoms with Crippen molar-refractivity contribution in [2.24, 2.45) is 0 Å². The van der Waals surface area contributed by atoms with E-state index in [0.717, 1.165) is 23.2 Å². The zero-order valence-corrected chi connectivity index (χ0v) is 17.5. The van der Waals surface area contributed by atoms with Crippen molar-refractivity contribution in [2.45, 2.75) is 6.42 Å². The van der Waals surface area contributed by atoms with Crippen molar-refractivity contribution in [2.75, 3.05) is 46.3 Å². The number of rotatable bonds is 8. The lowest BCUT2D eigenvalue weighted by atomic mass is 10.3. The molecule has 0 saturated heterocycles. The Balaban J connectivity index is 1.96. The molecule has 144 valence electrons. The van der Waals surface area contributed by atoms with Gasteiger partial charge in [0.15, 0.2) is 16.6 Å². The molecule has 8 heteroatoms. The number of carbonyl (C=O) groups excluding carboxylic acids is 1. The summed E-state index contributed by atoms with van der Waals surface area (Å²) in [4.78, 5) is 22.4. The fraction of sp³-hybridized carbons (Fsp3) is 0.368. The van der Waals surface area contributed by atoms with Crippen LogP contribution in [0.3, 0.4) is 0 Å². The molecule has 0 aliphatic carbocycles. The van der Waals surface area contributed by atoms with Gasteiger partial charge in [0, 0.05) is 18.7 Å². The van der Waals surface area contributed by atoms with Gasteiger partial charge < -0.3 is 14.4 Å². The summed E-state index contributed by atoms with van der Waals surface area (Å²) in [7, 11) is 7.27. The summed E-state index contributed by atoms with van der Waals surface area (Å²) in [5, 5.41) is 2.61.